The number of aromatic nitrogens is 2. The van der Waals surface area contributed by atoms with Gasteiger partial charge in [0, 0.05) is 29.2 Å². The number of carbonyl (C=O) groups excluding carboxylic acids is 1. The van der Waals surface area contributed by atoms with Crippen molar-refractivity contribution in [3.8, 4) is 0 Å². The molecule has 0 saturated carbocycles. The number of nitrogens with zero attached hydrogens (tertiary/aromatic N) is 1. The Balaban J connectivity index is 1.80. The second-order valence-corrected chi connectivity index (χ2v) is 5.83. The number of hydrogen-bond acceptors (Lipinski definition) is 4. The van der Waals surface area contributed by atoms with E-state index in [9.17, 15) is 4.79 Å². The van der Waals surface area contributed by atoms with E-state index >= 15 is 0 Å². The van der Waals surface area contributed by atoms with Gasteiger partial charge < -0.3 is 16.4 Å². The zero-order valence-corrected chi connectivity index (χ0v) is 13.7. The molecule has 24 heavy (non-hydrogen) atoms. The first kappa shape index (κ1) is 16.4. The van der Waals surface area contributed by atoms with Crippen LogP contribution in [-0.2, 0) is 4.79 Å². The van der Waals surface area contributed by atoms with Crippen molar-refractivity contribution in [1.82, 2.24) is 15.5 Å². The molecule has 1 atom stereocenters. The number of nitrogens with two attached hydrogens (primary N) is 1. The van der Waals surface area contributed by atoms with Crippen LogP contribution in [0.15, 0.2) is 48.7 Å². The van der Waals surface area contributed by atoms with Crippen LogP contribution >= 0.6 is 11.6 Å². The minimum atomic E-state index is -0.508. The van der Waals surface area contributed by atoms with Crippen LogP contribution in [0, 0.1) is 0 Å². The Labute approximate surface area is 144 Å². The van der Waals surface area contributed by atoms with Gasteiger partial charge in [-0.2, -0.15) is 5.10 Å². The normalized spacial score (nSPS) is 12.2. The van der Waals surface area contributed by atoms with E-state index in [0.717, 1.165) is 16.5 Å². The van der Waals surface area contributed by atoms with Crippen LogP contribution in [-0.4, -0.2) is 29.2 Å². The van der Waals surface area contributed by atoms with Crippen LogP contribution in [0.1, 0.15) is 11.6 Å². The van der Waals surface area contributed by atoms with Crippen molar-refractivity contribution >= 4 is 34.1 Å². The molecule has 0 aliphatic rings. The number of nitrogens with one attached hydrogen (secondary N) is 3. The number of aromatic amines is 1. The van der Waals surface area contributed by atoms with E-state index in [1.165, 1.54) is 0 Å². The number of rotatable bonds is 6. The van der Waals surface area contributed by atoms with Crippen LogP contribution in [0.4, 0.5) is 5.69 Å². The van der Waals surface area contributed by atoms with Gasteiger partial charge in [-0.15, -0.1) is 0 Å². The van der Waals surface area contributed by atoms with E-state index in [0.29, 0.717) is 23.8 Å². The summed E-state index contributed by atoms with van der Waals surface area (Å²) in [4.78, 5) is 12.7. The summed E-state index contributed by atoms with van der Waals surface area (Å²) >= 11 is 5.92. The van der Waals surface area contributed by atoms with Crippen LogP contribution in [0.2, 0.25) is 5.02 Å². The molecule has 7 heteroatoms. The summed E-state index contributed by atoms with van der Waals surface area (Å²) < 4.78 is 0. The molecule has 0 aliphatic carbocycles. The molecule has 1 aromatic heterocycles. The Bertz CT molecular complexity index is 830. The molecule has 1 amide bonds. The molecule has 2 aromatic carbocycles. The lowest BCUT2D eigenvalue weighted by Gasteiger charge is -2.18. The summed E-state index contributed by atoms with van der Waals surface area (Å²) in [6.07, 6.45) is 1.72. The monoisotopic (exact) mass is 343 g/mol. The van der Waals surface area contributed by atoms with Gasteiger partial charge in [0.1, 0.15) is 6.04 Å². The smallest absolute Gasteiger partial charge is 0.246 e. The van der Waals surface area contributed by atoms with E-state index in [-0.39, 0.29) is 5.91 Å². The molecular weight excluding hydrogens is 326 g/mol. The number of halogens is 1. The van der Waals surface area contributed by atoms with Gasteiger partial charge in [0.15, 0.2) is 0 Å². The lowest BCUT2D eigenvalue weighted by Crippen LogP contribution is -2.35. The van der Waals surface area contributed by atoms with Gasteiger partial charge in [-0.1, -0.05) is 23.7 Å². The zero-order valence-electron chi connectivity index (χ0n) is 12.9. The van der Waals surface area contributed by atoms with Crippen molar-refractivity contribution in [3.63, 3.8) is 0 Å². The van der Waals surface area contributed by atoms with E-state index < -0.39 is 6.04 Å². The average molecular weight is 344 g/mol. The summed E-state index contributed by atoms with van der Waals surface area (Å²) in [5.41, 5.74) is 8.02. The number of amides is 1. The number of hydrogen-bond donors (Lipinski definition) is 4. The molecule has 0 radical (unpaired) electrons. The van der Waals surface area contributed by atoms with Crippen molar-refractivity contribution in [2.45, 2.75) is 6.04 Å². The number of anilines is 1. The minimum absolute atomic E-state index is 0.159. The van der Waals surface area contributed by atoms with Crippen molar-refractivity contribution in [1.29, 1.82) is 0 Å². The largest absolute Gasteiger partial charge is 0.329 e. The highest BCUT2D eigenvalue weighted by atomic mass is 35.5. The van der Waals surface area contributed by atoms with Gasteiger partial charge in [0.2, 0.25) is 5.91 Å². The minimum Gasteiger partial charge on any atom is -0.329 e. The van der Waals surface area contributed by atoms with Crippen molar-refractivity contribution < 1.29 is 4.79 Å². The van der Waals surface area contributed by atoms with Crippen LogP contribution < -0.4 is 16.4 Å². The predicted octanol–water partition coefficient (Wildman–Crippen LogP) is 2.44. The molecule has 0 aliphatic heterocycles. The van der Waals surface area contributed by atoms with Crippen LogP contribution in [0.25, 0.3) is 10.9 Å². The van der Waals surface area contributed by atoms with Gasteiger partial charge in [0.25, 0.3) is 0 Å². The molecule has 0 spiro atoms. The molecule has 0 saturated heterocycles. The Morgan fingerprint density at radius 2 is 2.04 bits per heavy atom. The molecule has 124 valence electrons. The second-order valence-electron chi connectivity index (χ2n) is 5.39. The van der Waals surface area contributed by atoms with Gasteiger partial charge in [-0.25, -0.2) is 0 Å². The van der Waals surface area contributed by atoms with Gasteiger partial charge >= 0.3 is 0 Å². The van der Waals surface area contributed by atoms with Gasteiger partial charge in [-0.3, -0.25) is 9.89 Å². The molecule has 5 N–H and O–H groups in total. The molecule has 1 heterocycles. The third kappa shape index (κ3) is 3.73. The molecular formula is C17H18ClN5O. The number of benzene rings is 2. The Kier molecular flexibility index (Phi) is 5.10. The first-order valence-corrected chi connectivity index (χ1v) is 7.98. The standard InChI is InChI=1S/C17H18ClN5O/c18-13-3-1-11(2-4-13)16(20-8-7-19)17(24)22-14-5-6-15-12(9-14)10-21-23-15/h1-6,9-10,16,20H,7-8,19H2,(H,21,23)(H,22,24). The molecule has 3 rings (SSSR count). The number of carbonyl (C=O) groups is 1. The lowest BCUT2D eigenvalue weighted by atomic mass is 10.1. The number of fused-ring (bicyclic) bond motifs is 1. The second kappa shape index (κ2) is 7.44. The van der Waals surface area contributed by atoms with Crippen molar-refractivity contribution in [2.75, 3.05) is 18.4 Å². The highest BCUT2D eigenvalue weighted by Gasteiger charge is 2.20. The SMILES string of the molecule is NCCNC(C(=O)Nc1ccc2[nH]ncc2c1)c1ccc(Cl)cc1. The maximum atomic E-state index is 12.7. The fourth-order valence-corrected chi connectivity index (χ4v) is 2.61. The quantitative estimate of drug-likeness (QED) is 0.552. The Hall–Kier alpha value is -2.41. The van der Waals surface area contributed by atoms with Crippen molar-refractivity contribution in [2.24, 2.45) is 5.73 Å². The highest BCUT2D eigenvalue weighted by Crippen LogP contribution is 2.21. The summed E-state index contributed by atoms with van der Waals surface area (Å²) in [5.74, 6) is -0.159. The third-order valence-electron chi connectivity index (χ3n) is 3.67. The fourth-order valence-electron chi connectivity index (χ4n) is 2.48. The van der Waals surface area contributed by atoms with E-state index in [1.807, 2.05) is 30.3 Å². The predicted molar refractivity (Wildman–Crippen MR) is 96.0 cm³/mol. The lowest BCUT2D eigenvalue weighted by molar-refractivity contribution is -0.118. The van der Waals surface area contributed by atoms with Gasteiger partial charge in [-0.05, 0) is 35.9 Å². The number of H-pyrrole nitrogens is 1. The van der Waals surface area contributed by atoms with Crippen LogP contribution in [0.3, 0.4) is 0 Å². The van der Waals surface area contributed by atoms with Crippen LogP contribution in [0.5, 0.6) is 0 Å². The zero-order chi connectivity index (χ0) is 16.9. The van der Waals surface area contributed by atoms with E-state index in [2.05, 4.69) is 20.8 Å². The van der Waals surface area contributed by atoms with E-state index in [4.69, 9.17) is 17.3 Å². The molecule has 6 nitrogen and oxygen atoms in total. The maximum absolute atomic E-state index is 12.7. The topological polar surface area (TPSA) is 95.8 Å². The summed E-state index contributed by atoms with van der Waals surface area (Å²) in [6, 6.07) is 12.3. The maximum Gasteiger partial charge on any atom is 0.246 e. The summed E-state index contributed by atoms with van der Waals surface area (Å²) in [5, 5.41) is 14.5. The Morgan fingerprint density at radius 3 is 2.79 bits per heavy atom. The van der Waals surface area contributed by atoms with E-state index in [1.54, 1.807) is 18.3 Å². The molecule has 3 aromatic rings. The first-order valence-electron chi connectivity index (χ1n) is 7.60. The third-order valence-corrected chi connectivity index (χ3v) is 3.92. The molecule has 1 unspecified atom stereocenters. The van der Waals surface area contributed by atoms with Gasteiger partial charge in [0.05, 0.1) is 11.7 Å². The first-order chi connectivity index (χ1) is 11.7. The average Bonchev–Trinajstić information content (AvgIpc) is 3.04. The summed E-state index contributed by atoms with van der Waals surface area (Å²) in [7, 11) is 0. The fraction of sp³-hybridized carbons (Fsp3) is 0.176. The summed E-state index contributed by atoms with van der Waals surface area (Å²) in [6.45, 7) is 0.972. The highest BCUT2D eigenvalue weighted by molar-refractivity contribution is 6.30. The molecule has 0 bridgehead atoms. The Morgan fingerprint density at radius 1 is 1.25 bits per heavy atom. The van der Waals surface area contributed by atoms with Crippen molar-refractivity contribution in [3.05, 3.63) is 59.2 Å². The molecule has 0 fully saturated rings.